The second-order valence-electron chi connectivity index (χ2n) is 8.95. The number of halogens is 1. The van der Waals surface area contributed by atoms with Crippen molar-refractivity contribution in [1.29, 1.82) is 0 Å². The zero-order valence-corrected chi connectivity index (χ0v) is 20.3. The Kier molecular flexibility index (Phi) is 5.03. The van der Waals surface area contributed by atoms with Crippen molar-refractivity contribution in [3.63, 3.8) is 0 Å². The average molecular weight is 496 g/mol. The fourth-order valence-corrected chi connectivity index (χ4v) is 6.75. The number of fused-ring (bicyclic) bond motifs is 2. The lowest BCUT2D eigenvalue weighted by Crippen LogP contribution is -2.46. The summed E-state index contributed by atoms with van der Waals surface area (Å²) in [6, 6.07) is 6.17. The number of nitrogens with one attached hydrogen (secondary N) is 1. The van der Waals surface area contributed by atoms with Gasteiger partial charge in [-0.15, -0.1) is 22.7 Å². The Morgan fingerprint density at radius 3 is 2.97 bits per heavy atom. The second-order valence-corrected chi connectivity index (χ2v) is 11.0. The first kappa shape index (κ1) is 21.4. The van der Waals surface area contributed by atoms with Crippen LogP contribution in [0.25, 0.3) is 15.4 Å². The summed E-state index contributed by atoms with van der Waals surface area (Å²) >= 11 is 2.89. The second kappa shape index (κ2) is 7.99. The smallest absolute Gasteiger partial charge is 0.274 e. The van der Waals surface area contributed by atoms with Crippen LogP contribution in [-0.4, -0.2) is 50.2 Å². The van der Waals surface area contributed by atoms with E-state index in [4.69, 9.17) is 0 Å². The van der Waals surface area contributed by atoms with Gasteiger partial charge >= 0.3 is 0 Å². The predicted molar refractivity (Wildman–Crippen MR) is 129 cm³/mol. The van der Waals surface area contributed by atoms with Crippen molar-refractivity contribution < 1.29 is 14.0 Å². The van der Waals surface area contributed by atoms with Crippen LogP contribution in [0.2, 0.25) is 0 Å². The van der Waals surface area contributed by atoms with Gasteiger partial charge in [0.1, 0.15) is 17.2 Å². The van der Waals surface area contributed by atoms with E-state index in [0.717, 1.165) is 22.1 Å². The van der Waals surface area contributed by atoms with Gasteiger partial charge in [-0.1, -0.05) is 12.1 Å². The summed E-state index contributed by atoms with van der Waals surface area (Å²) in [6.45, 7) is 4.83. The molecule has 6 rings (SSSR count). The van der Waals surface area contributed by atoms with E-state index in [1.807, 2.05) is 28.5 Å². The van der Waals surface area contributed by atoms with Gasteiger partial charge in [-0.05, 0) is 49.8 Å². The van der Waals surface area contributed by atoms with Crippen LogP contribution in [-0.2, 0) is 0 Å². The quantitative estimate of drug-likeness (QED) is 0.451. The van der Waals surface area contributed by atoms with E-state index < -0.39 is 0 Å². The first-order valence-corrected chi connectivity index (χ1v) is 12.8. The summed E-state index contributed by atoms with van der Waals surface area (Å²) in [4.78, 5) is 38.7. The number of hydrogen-bond donors (Lipinski definition) is 1. The Balaban J connectivity index is 1.23. The van der Waals surface area contributed by atoms with Crippen LogP contribution in [0.5, 0.6) is 0 Å². The van der Waals surface area contributed by atoms with Crippen LogP contribution in [0.15, 0.2) is 35.8 Å². The zero-order valence-electron chi connectivity index (χ0n) is 18.6. The van der Waals surface area contributed by atoms with Crippen molar-refractivity contribution in [2.45, 2.75) is 26.3 Å². The Hall–Kier alpha value is -3.11. The van der Waals surface area contributed by atoms with E-state index in [-0.39, 0.29) is 23.7 Å². The summed E-state index contributed by atoms with van der Waals surface area (Å²) in [5.74, 6) is 0.143. The van der Waals surface area contributed by atoms with Gasteiger partial charge in [0.15, 0.2) is 4.96 Å². The van der Waals surface area contributed by atoms with E-state index in [9.17, 15) is 14.0 Å². The lowest BCUT2D eigenvalue weighted by atomic mass is 10.1. The summed E-state index contributed by atoms with van der Waals surface area (Å²) in [5.41, 5.74) is 2.48. The fraction of sp³-hybridized carbons (Fsp3) is 0.333. The van der Waals surface area contributed by atoms with E-state index >= 15 is 0 Å². The number of carbonyl (C=O) groups excluding carboxylic acids is 2. The Morgan fingerprint density at radius 1 is 1.29 bits per heavy atom. The molecule has 0 spiro atoms. The molecule has 1 saturated carbocycles. The number of thiazole rings is 2. The minimum absolute atomic E-state index is 0.0872. The van der Waals surface area contributed by atoms with Crippen molar-refractivity contribution in [1.82, 2.24) is 24.6 Å². The standard InChI is InChI=1S/C24H22FN5O2S2/c1-12-11-33-24-27-9-19(30(12)24)22(31)26-8-18-17-7-15(17)10-29(18)23(32)20-21(34-13(2)28-20)14-4-3-5-16(25)6-14/h3-6,9,11,15,17-18H,7-8,10H2,1-2H3,(H,26,31)/t15-,17-,18-/m1/s1. The Labute approximate surface area is 203 Å². The number of aryl methyl sites for hydroxylation is 2. The zero-order chi connectivity index (χ0) is 23.6. The summed E-state index contributed by atoms with van der Waals surface area (Å²) in [6.07, 6.45) is 2.66. The number of nitrogens with zero attached hydrogens (tertiary/aromatic N) is 4. The molecule has 1 saturated heterocycles. The normalized spacial score (nSPS) is 21.1. The molecule has 3 aromatic heterocycles. The first-order valence-electron chi connectivity index (χ1n) is 11.1. The third kappa shape index (κ3) is 3.52. The van der Waals surface area contributed by atoms with Crippen molar-refractivity contribution in [2.24, 2.45) is 11.8 Å². The molecule has 4 aromatic rings. The minimum atomic E-state index is -0.347. The SMILES string of the molecule is Cc1nc(C(=O)N2C[C@H]3C[C@H]3[C@H]2CNC(=O)c2cnc3scc(C)n23)c(-c2cccc(F)c2)s1. The first-order chi connectivity index (χ1) is 16.4. The predicted octanol–water partition coefficient (Wildman–Crippen LogP) is 4.17. The molecule has 0 unspecified atom stereocenters. The van der Waals surface area contributed by atoms with Gasteiger partial charge in [0, 0.05) is 24.2 Å². The number of amides is 2. The number of hydrogen-bond acceptors (Lipinski definition) is 6. The maximum atomic E-state index is 13.8. The monoisotopic (exact) mass is 495 g/mol. The Morgan fingerprint density at radius 2 is 2.15 bits per heavy atom. The molecule has 1 aliphatic heterocycles. The maximum absolute atomic E-state index is 13.8. The van der Waals surface area contributed by atoms with Crippen molar-refractivity contribution >= 4 is 39.4 Å². The highest BCUT2D eigenvalue weighted by Crippen LogP contribution is 2.50. The number of benzene rings is 1. The van der Waals surface area contributed by atoms with Gasteiger partial charge < -0.3 is 10.2 Å². The lowest BCUT2D eigenvalue weighted by Gasteiger charge is -2.27. The van der Waals surface area contributed by atoms with Crippen LogP contribution in [0.3, 0.4) is 0 Å². The van der Waals surface area contributed by atoms with Gasteiger partial charge in [0.05, 0.1) is 22.1 Å². The van der Waals surface area contributed by atoms with E-state index in [2.05, 4.69) is 15.3 Å². The summed E-state index contributed by atoms with van der Waals surface area (Å²) in [5, 5.41) is 5.76. The average Bonchev–Trinajstić information content (AvgIpc) is 3.18. The number of imidazole rings is 1. The van der Waals surface area contributed by atoms with Crippen LogP contribution in [0.1, 0.15) is 38.1 Å². The fourth-order valence-electron chi connectivity index (χ4n) is 5.00. The molecule has 1 aromatic carbocycles. The third-order valence-electron chi connectivity index (χ3n) is 6.71. The van der Waals surface area contributed by atoms with Gasteiger partial charge in [0.2, 0.25) is 0 Å². The molecule has 2 fully saturated rings. The molecule has 3 atom stereocenters. The molecule has 10 heteroatoms. The van der Waals surface area contributed by atoms with Crippen LogP contribution < -0.4 is 5.32 Å². The molecule has 2 aliphatic rings. The molecule has 7 nitrogen and oxygen atoms in total. The molecule has 34 heavy (non-hydrogen) atoms. The minimum Gasteiger partial charge on any atom is -0.349 e. The largest absolute Gasteiger partial charge is 0.349 e. The molecule has 4 heterocycles. The van der Waals surface area contributed by atoms with Crippen LogP contribution >= 0.6 is 22.7 Å². The summed E-state index contributed by atoms with van der Waals surface area (Å²) in [7, 11) is 0. The number of aromatic nitrogens is 3. The van der Waals surface area contributed by atoms with Gasteiger partial charge in [-0.2, -0.15) is 0 Å². The molecular formula is C24H22FN5O2S2. The van der Waals surface area contributed by atoms with E-state index in [1.165, 1.54) is 34.8 Å². The van der Waals surface area contributed by atoms with Crippen LogP contribution in [0.4, 0.5) is 4.39 Å². The number of piperidine rings is 1. The molecule has 1 N–H and O–H groups in total. The van der Waals surface area contributed by atoms with Crippen molar-refractivity contribution in [3.05, 3.63) is 63.7 Å². The van der Waals surface area contributed by atoms with E-state index in [0.29, 0.717) is 46.8 Å². The van der Waals surface area contributed by atoms with Crippen molar-refractivity contribution in [3.8, 4) is 10.4 Å². The number of rotatable bonds is 5. The van der Waals surface area contributed by atoms with Gasteiger partial charge in [0.25, 0.3) is 11.8 Å². The number of carbonyl (C=O) groups is 2. The van der Waals surface area contributed by atoms with E-state index in [1.54, 1.807) is 18.3 Å². The summed E-state index contributed by atoms with van der Waals surface area (Å²) < 4.78 is 15.7. The van der Waals surface area contributed by atoms with Crippen molar-refractivity contribution in [2.75, 3.05) is 13.1 Å². The maximum Gasteiger partial charge on any atom is 0.274 e. The molecule has 0 bridgehead atoms. The van der Waals surface area contributed by atoms with Crippen LogP contribution in [0, 0.1) is 31.5 Å². The molecule has 1 aliphatic carbocycles. The molecular weight excluding hydrogens is 473 g/mol. The third-order valence-corrected chi connectivity index (χ3v) is 8.69. The molecule has 0 radical (unpaired) electrons. The van der Waals surface area contributed by atoms with Gasteiger partial charge in [-0.3, -0.25) is 14.0 Å². The molecule has 2 amide bonds. The highest BCUT2D eigenvalue weighted by Gasteiger charge is 2.54. The number of likely N-dealkylation sites (tertiary alicyclic amines) is 1. The highest BCUT2D eigenvalue weighted by atomic mass is 32.1. The highest BCUT2D eigenvalue weighted by molar-refractivity contribution is 7.15. The lowest BCUT2D eigenvalue weighted by molar-refractivity contribution is 0.0690. The topological polar surface area (TPSA) is 79.6 Å². The molecule has 174 valence electrons. The van der Waals surface area contributed by atoms with Gasteiger partial charge in [-0.25, -0.2) is 14.4 Å². The Bertz CT molecular complexity index is 1440.